The van der Waals surface area contributed by atoms with Crippen molar-refractivity contribution >= 4 is 33.3 Å². The Morgan fingerprint density at radius 1 is 1.22 bits per heavy atom. The first kappa shape index (κ1) is 17.4. The minimum atomic E-state index is -0.0938. The molecule has 0 saturated heterocycles. The van der Waals surface area contributed by atoms with Gasteiger partial charge in [-0.15, -0.1) is 0 Å². The van der Waals surface area contributed by atoms with Gasteiger partial charge in [-0.3, -0.25) is 4.79 Å². The molecule has 0 spiro atoms. The second kappa shape index (κ2) is 8.64. The Labute approximate surface area is 145 Å². The van der Waals surface area contributed by atoms with Crippen molar-refractivity contribution in [2.45, 2.75) is 6.42 Å². The van der Waals surface area contributed by atoms with Gasteiger partial charge in [-0.1, -0.05) is 12.1 Å². The maximum atomic E-state index is 12.0. The molecule has 2 aromatic rings. The fourth-order valence-electron chi connectivity index (χ4n) is 2.00. The van der Waals surface area contributed by atoms with E-state index in [-0.39, 0.29) is 5.91 Å². The molecule has 0 fully saturated rings. The number of carbonyl (C=O) groups excluding carboxylic acids is 1. The Morgan fingerprint density at radius 3 is 2.65 bits per heavy atom. The lowest BCUT2D eigenvalue weighted by atomic mass is 10.2. The average molecular weight is 377 g/mol. The number of nitrogens with zero attached hydrogens (tertiary/aromatic N) is 2. The van der Waals surface area contributed by atoms with Crippen molar-refractivity contribution in [2.24, 2.45) is 0 Å². The summed E-state index contributed by atoms with van der Waals surface area (Å²) in [6.07, 6.45) is 2.51. The standard InChI is InChI=1S/C17H21BrN4O/c1-22(2)11-5-10-19-17(23)13-8-9-16(20-12-13)21-15-7-4-3-6-14(15)18/h3-4,6-9,12H,5,10-11H2,1-2H3,(H,19,23)(H,20,21). The van der Waals surface area contributed by atoms with E-state index in [0.717, 1.165) is 23.1 Å². The molecule has 0 bridgehead atoms. The van der Waals surface area contributed by atoms with Gasteiger partial charge in [0.05, 0.1) is 11.3 Å². The maximum Gasteiger partial charge on any atom is 0.252 e. The quantitative estimate of drug-likeness (QED) is 0.728. The van der Waals surface area contributed by atoms with Crippen LogP contribution in [0.1, 0.15) is 16.8 Å². The van der Waals surface area contributed by atoms with E-state index >= 15 is 0 Å². The first-order valence-corrected chi connectivity index (χ1v) is 8.26. The highest BCUT2D eigenvalue weighted by Crippen LogP contribution is 2.24. The van der Waals surface area contributed by atoms with E-state index in [1.54, 1.807) is 18.3 Å². The van der Waals surface area contributed by atoms with Gasteiger partial charge in [0.25, 0.3) is 5.91 Å². The van der Waals surface area contributed by atoms with E-state index < -0.39 is 0 Å². The van der Waals surface area contributed by atoms with Crippen LogP contribution in [0.25, 0.3) is 0 Å². The number of hydrogen-bond acceptors (Lipinski definition) is 4. The lowest BCUT2D eigenvalue weighted by Crippen LogP contribution is -2.27. The second-order valence-corrected chi connectivity index (χ2v) is 6.30. The van der Waals surface area contributed by atoms with Crippen molar-refractivity contribution in [2.75, 3.05) is 32.5 Å². The fourth-order valence-corrected chi connectivity index (χ4v) is 2.39. The fraction of sp³-hybridized carbons (Fsp3) is 0.294. The molecule has 1 aromatic heterocycles. The molecule has 6 heteroatoms. The van der Waals surface area contributed by atoms with Crippen LogP contribution in [0.2, 0.25) is 0 Å². The highest BCUT2D eigenvalue weighted by Gasteiger charge is 2.06. The van der Waals surface area contributed by atoms with Crippen LogP contribution >= 0.6 is 15.9 Å². The van der Waals surface area contributed by atoms with Crippen molar-refractivity contribution in [3.05, 3.63) is 52.6 Å². The number of benzene rings is 1. The van der Waals surface area contributed by atoms with Crippen LogP contribution in [0.3, 0.4) is 0 Å². The highest BCUT2D eigenvalue weighted by atomic mass is 79.9. The smallest absolute Gasteiger partial charge is 0.252 e. The van der Waals surface area contributed by atoms with Crippen LogP contribution in [0.15, 0.2) is 47.1 Å². The zero-order chi connectivity index (χ0) is 16.7. The Hall–Kier alpha value is -1.92. The molecular formula is C17H21BrN4O. The van der Waals surface area contributed by atoms with Gasteiger partial charge < -0.3 is 15.5 Å². The molecular weight excluding hydrogens is 356 g/mol. The van der Waals surface area contributed by atoms with Gasteiger partial charge >= 0.3 is 0 Å². The summed E-state index contributed by atoms with van der Waals surface area (Å²) in [6.45, 7) is 1.61. The lowest BCUT2D eigenvalue weighted by molar-refractivity contribution is 0.0952. The number of carbonyl (C=O) groups is 1. The molecule has 0 saturated carbocycles. The summed E-state index contributed by atoms with van der Waals surface area (Å²) in [6, 6.07) is 11.4. The zero-order valence-corrected chi connectivity index (χ0v) is 14.9. The predicted molar refractivity (Wildman–Crippen MR) is 97.2 cm³/mol. The third-order valence-electron chi connectivity index (χ3n) is 3.23. The minimum Gasteiger partial charge on any atom is -0.352 e. The summed E-state index contributed by atoms with van der Waals surface area (Å²) in [5, 5.41) is 6.11. The molecule has 0 aliphatic heterocycles. The maximum absolute atomic E-state index is 12.0. The van der Waals surface area contributed by atoms with E-state index in [9.17, 15) is 4.79 Å². The monoisotopic (exact) mass is 376 g/mol. The lowest BCUT2D eigenvalue weighted by Gasteiger charge is -2.10. The molecule has 5 nitrogen and oxygen atoms in total. The minimum absolute atomic E-state index is 0.0938. The topological polar surface area (TPSA) is 57.3 Å². The van der Waals surface area contributed by atoms with Gasteiger partial charge in [0.1, 0.15) is 5.82 Å². The van der Waals surface area contributed by atoms with Crippen LogP contribution in [0.4, 0.5) is 11.5 Å². The highest BCUT2D eigenvalue weighted by molar-refractivity contribution is 9.10. The molecule has 2 N–H and O–H groups in total. The molecule has 0 atom stereocenters. The molecule has 1 amide bonds. The van der Waals surface area contributed by atoms with Crippen LogP contribution in [0.5, 0.6) is 0 Å². The molecule has 122 valence electrons. The van der Waals surface area contributed by atoms with Crippen molar-refractivity contribution in [1.82, 2.24) is 15.2 Å². The van der Waals surface area contributed by atoms with Crippen LogP contribution in [-0.4, -0.2) is 43.0 Å². The van der Waals surface area contributed by atoms with E-state index in [4.69, 9.17) is 0 Å². The number of aromatic nitrogens is 1. The number of halogens is 1. The molecule has 1 aromatic carbocycles. The van der Waals surface area contributed by atoms with Gasteiger partial charge in [0.15, 0.2) is 0 Å². The van der Waals surface area contributed by atoms with Crippen molar-refractivity contribution in [3.8, 4) is 0 Å². The van der Waals surface area contributed by atoms with Crippen LogP contribution < -0.4 is 10.6 Å². The summed E-state index contributed by atoms with van der Waals surface area (Å²) >= 11 is 3.48. The van der Waals surface area contributed by atoms with Crippen molar-refractivity contribution < 1.29 is 4.79 Å². The van der Waals surface area contributed by atoms with Crippen LogP contribution in [-0.2, 0) is 0 Å². The van der Waals surface area contributed by atoms with Gasteiger partial charge in [-0.05, 0) is 67.3 Å². The molecule has 0 radical (unpaired) electrons. The largest absolute Gasteiger partial charge is 0.352 e. The number of rotatable bonds is 7. The summed E-state index contributed by atoms with van der Waals surface area (Å²) in [5.41, 5.74) is 1.49. The molecule has 2 rings (SSSR count). The second-order valence-electron chi connectivity index (χ2n) is 5.45. The number of anilines is 2. The Bertz CT molecular complexity index is 643. The summed E-state index contributed by atoms with van der Waals surface area (Å²) in [5.74, 6) is 0.602. The van der Waals surface area contributed by atoms with E-state index in [1.165, 1.54) is 0 Å². The van der Waals surface area contributed by atoms with E-state index in [1.807, 2.05) is 38.4 Å². The Balaban J connectivity index is 1.89. The number of nitrogens with one attached hydrogen (secondary N) is 2. The number of pyridine rings is 1. The molecule has 1 heterocycles. The molecule has 0 aliphatic carbocycles. The molecule has 23 heavy (non-hydrogen) atoms. The zero-order valence-electron chi connectivity index (χ0n) is 13.3. The van der Waals surface area contributed by atoms with Crippen molar-refractivity contribution in [1.29, 1.82) is 0 Å². The van der Waals surface area contributed by atoms with Gasteiger partial charge in [0.2, 0.25) is 0 Å². The first-order chi connectivity index (χ1) is 11.1. The van der Waals surface area contributed by atoms with Gasteiger partial charge in [0, 0.05) is 17.2 Å². The Kier molecular flexibility index (Phi) is 6.55. The first-order valence-electron chi connectivity index (χ1n) is 7.47. The van der Waals surface area contributed by atoms with Gasteiger partial charge in [-0.25, -0.2) is 4.98 Å². The summed E-state index contributed by atoms with van der Waals surface area (Å²) in [7, 11) is 4.03. The third-order valence-corrected chi connectivity index (χ3v) is 3.92. The number of amides is 1. The van der Waals surface area contributed by atoms with E-state index in [0.29, 0.717) is 17.9 Å². The summed E-state index contributed by atoms with van der Waals surface area (Å²) < 4.78 is 0.963. The molecule has 0 unspecified atom stereocenters. The van der Waals surface area contributed by atoms with Crippen molar-refractivity contribution in [3.63, 3.8) is 0 Å². The van der Waals surface area contributed by atoms with Gasteiger partial charge in [-0.2, -0.15) is 0 Å². The average Bonchev–Trinajstić information content (AvgIpc) is 2.54. The normalized spacial score (nSPS) is 10.6. The predicted octanol–water partition coefficient (Wildman–Crippen LogP) is 3.27. The summed E-state index contributed by atoms with van der Waals surface area (Å²) in [4.78, 5) is 18.4. The number of hydrogen-bond donors (Lipinski definition) is 2. The molecule has 0 aliphatic rings. The Morgan fingerprint density at radius 2 is 2.00 bits per heavy atom. The van der Waals surface area contributed by atoms with E-state index in [2.05, 4.69) is 36.4 Å². The number of para-hydroxylation sites is 1. The third kappa shape index (κ3) is 5.65. The van der Waals surface area contributed by atoms with Crippen LogP contribution in [0, 0.1) is 0 Å². The SMILES string of the molecule is CN(C)CCCNC(=O)c1ccc(Nc2ccccc2Br)nc1.